The number of benzene rings is 2. The molecule has 1 N–H and O–H groups in total. The smallest absolute Gasteiger partial charge is 0.271 e. The predicted octanol–water partition coefficient (Wildman–Crippen LogP) is 3.18. The van der Waals surface area contributed by atoms with Crippen molar-refractivity contribution in [3.8, 4) is 0 Å². The Balaban J connectivity index is 2.13. The molecular formula is C19H20F3N3O3S. The third-order valence-electron chi connectivity index (χ3n) is 3.95. The SMILES string of the molecule is CCc1ccccc1N(CC(=O)N/N=C\c1cccc(C(F)(F)F)c1)S(C)(=O)=O. The molecule has 0 aliphatic rings. The number of hydrogen-bond acceptors (Lipinski definition) is 4. The summed E-state index contributed by atoms with van der Waals surface area (Å²) in [5.41, 5.74) is 2.57. The number of aryl methyl sites for hydroxylation is 1. The summed E-state index contributed by atoms with van der Waals surface area (Å²) in [5, 5.41) is 3.62. The van der Waals surface area contributed by atoms with Crippen molar-refractivity contribution in [1.82, 2.24) is 5.43 Å². The van der Waals surface area contributed by atoms with E-state index in [0.29, 0.717) is 12.1 Å². The van der Waals surface area contributed by atoms with Gasteiger partial charge in [0, 0.05) is 0 Å². The van der Waals surface area contributed by atoms with Crippen LogP contribution in [0.5, 0.6) is 0 Å². The van der Waals surface area contributed by atoms with E-state index >= 15 is 0 Å². The average molecular weight is 427 g/mol. The number of rotatable bonds is 7. The molecule has 0 aliphatic carbocycles. The van der Waals surface area contributed by atoms with E-state index in [0.717, 1.165) is 34.5 Å². The van der Waals surface area contributed by atoms with Crippen molar-refractivity contribution in [3.63, 3.8) is 0 Å². The Morgan fingerprint density at radius 2 is 1.86 bits per heavy atom. The molecule has 10 heteroatoms. The van der Waals surface area contributed by atoms with Gasteiger partial charge in [-0.05, 0) is 35.7 Å². The van der Waals surface area contributed by atoms with Crippen molar-refractivity contribution in [1.29, 1.82) is 0 Å². The lowest BCUT2D eigenvalue weighted by atomic mass is 10.1. The van der Waals surface area contributed by atoms with Gasteiger partial charge < -0.3 is 0 Å². The standard InChI is InChI=1S/C19H20F3N3O3S/c1-3-15-8-4-5-10-17(15)25(29(2,27)28)13-18(26)24-23-12-14-7-6-9-16(11-14)19(20,21)22/h4-12H,3,13H2,1-2H3,(H,24,26)/b23-12-. The molecule has 0 heterocycles. The maximum atomic E-state index is 12.7. The van der Waals surface area contributed by atoms with Gasteiger partial charge in [0.2, 0.25) is 10.0 Å². The first kappa shape index (κ1) is 22.4. The van der Waals surface area contributed by atoms with Crippen molar-refractivity contribution in [2.75, 3.05) is 17.1 Å². The number of nitrogens with zero attached hydrogens (tertiary/aromatic N) is 2. The zero-order valence-corrected chi connectivity index (χ0v) is 16.6. The number of anilines is 1. The molecule has 0 unspecified atom stereocenters. The Morgan fingerprint density at radius 3 is 2.48 bits per heavy atom. The van der Waals surface area contributed by atoms with Crippen LogP contribution >= 0.6 is 0 Å². The van der Waals surface area contributed by atoms with Gasteiger partial charge >= 0.3 is 6.18 Å². The highest BCUT2D eigenvalue weighted by Gasteiger charge is 2.30. The summed E-state index contributed by atoms with van der Waals surface area (Å²) in [4.78, 5) is 12.2. The van der Waals surface area contributed by atoms with E-state index in [2.05, 4.69) is 10.5 Å². The van der Waals surface area contributed by atoms with Crippen LogP contribution in [-0.4, -0.2) is 33.3 Å². The fraction of sp³-hybridized carbons (Fsp3) is 0.263. The van der Waals surface area contributed by atoms with E-state index in [1.54, 1.807) is 24.3 Å². The maximum absolute atomic E-state index is 12.7. The van der Waals surface area contributed by atoms with Crippen LogP contribution in [0.3, 0.4) is 0 Å². The minimum Gasteiger partial charge on any atom is -0.271 e. The van der Waals surface area contributed by atoms with Crippen LogP contribution in [0.2, 0.25) is 0 Å². The van der Waals surface area contributed by atoms with Gasteiger partial charge in [-0.2, -0.15) is 18.3 Å². The zero-order valence-electron chi connectivity index (χ0n) is 15.8. The number of sulfonamides is 1. The van der Waals surface area contributed by atoms with Crippen LogP contribution in [0.25, 0.3) is 0 Å². The molecule has 0 aromatic heterocycles. The summed E-state index contributed by atoms with van der Waals surface area (Å²) < 4.78 is 63.4. The Morgan fingerprint density at radius 1 is 1.17 bits per heavy atom. The van der Waals surface area contributed by atoms with Crippen LogP contribution in [0.1, 0.15) is 23.6 Å². The summed E-state index contributed by atoms with van der Waals surface area (Å²) in [6.45, 7) is 1.34. The second-order valence-corrected chi connectivity index (χ2v) is 8.08. The number of hydrogen-bond donors (Lipinski definition) is 1. The molecule has 2 rings (SSSR count). The second kappa shape index (κ2) is 9.08. The van der Waals surface area contributed by atoms with Gasteiger partial charge in [0.15, 0.2) is 0 Å². The minimum absolute atomic E-state index is 0.136. The summed E-state index contributed by atoms with van der Waals surface area (Å²) in [5.74, 6) is -0.732. The van der Waals surface area contributed by atoms with Crippen LogP contribution in [0, 0.1) is 0 Å². The lowest BCUT2D eigenvalue weighted by molar-refractivity contribution is -0.137. The molecule has 2 aromatic rings. The summed E-state index contributed by atoms with van der Waals surface area (Å²) in [6.07, 6.45) is -1.89. The third-order valence-corrected chi connectivity index (χ3v) is 5.07. The molecule has 0 saturated heterocycles. The molecule has 0 aliphatic heterocycles. The van der Waals surface area contributed by atoms with E-state index in [9.17, 15) is 26.4 Å². The molecule has 0 radical (unpaired) electrons. The third kappa shape index (κ3) is 6.31. The topological polar surface area (TPSA) is 78.8 Å². The molecule has 2 aromatic carbocycles. The quantitative estimate of drug-likeness (QED) is 0.545. The largest absolute Gasteiger partial charge is 0.416 e. The van der Waals surface area contributed by atoms with Crippen molar-refractivity contribution in [3.05, 3.63) is 65.2 Å². The lowest BCUT2D eigenvalue weighted by Gasteiger charge is -2.23. The number of nitrogens with one attached hydrogen (secondary N) is 1. The fourth-order valence-electron chi connectivity index (χ4n) is 2.57. The van der Waals surface area contributed by atoms with Crippen molar-refractivity contribution in [2.24, 2.45) is 5.10 Å². The van der Waals surface area contributed by atoms with Crippen LogP contribution in [0.4, 0.5) is 18.9 Å². The first-order valence-corrected chi connectivity index (χ1v) is 10.4. The highest BCUT2D eigenvalue weighted by Crippen LogP contribution is 2.29. The molecule has 156 valence electrons. The van der Waals surface area contributed by atoms with E-state index < -0.39 is 34.2 Å². The Kier molecular flexibility index (Phi) is 7.02. The van der Waals surface area contributed by atoms with Gasteiger partial charge in [0.25, 0.3) is 5.91 Å². The fourth-order valence-corrected chi connectivity index (χ4v) is 3.46. The number of carbonyl (C=O) groups is 1. The van der Waals surface area contributed by atoms with Gasteiger partial charge in [0.1, 0.15) is 6.54 Å². The predicted molar refractivity (Wildman–Crippen MR) is 105 cm³/mol. The van der Waals surface area contributed by atoms with Gasteiger partial charge in [-0.3, -0.25) is 9.10 Å². The highest BCUT2D eigenvalue weighted by molar-refractivity contribution is 7.92. The Hall–Kier alpha value is -2.88. The lowest BCUT2D eigenvalue weighted by Crippen LogP contribution is -2.39. The first-order chi connectivity index (χ1) is 13.5. The number of alkyl halides is 3. The summed E-state index contributed by atoms with van der Waals surface area (Å²) >= 11 is 0. The molecule has 0 fully saturated rings. The monoisotopic (exact) mass is 427 g/mol. The summed E-state index contributed by atoms with van der Waals surface area (Å²) in [7, 11) is -3.75. The van der Waals surface area contributed by atoms with Gasteiger partial charge in [-0.1, -0.05) is 37.3 Å². The molecule has 0 saturated carbocycles. The first-order valence-electron chi connectivity index (χ1n) is 8.57. The Bertz CT molecular complexity index is 1000. The van der Waals surface area contributed by atoms with Gasteiger partial charge in [0.05, 0.1) is 23.7 Å². The number of amides is 1. The Labute approximate surface area is 167 Å². The number of halogens is 3. The highest BCUT2D eigenvalue weighted by atomic mass is 32.2. The van der Waals surface area contributed by atoms with Crippen LogP contribution < -0.4 is 9.73 Å². The van der Waals surface area contributed by atoms with E-state index in [1.807, 2.05) is 6.92 Å². The molecule has 0 bridgehead atoms. The molecule has 29 heavy (non-hydrogen) atoms. The van der Waals surface area contributed by atoms with E-state index in [4.69, 9.17) is 0 Å². The van der Waals surface area contributed by atoms with Crippen molar-refractivity contribution >= 4 is 27.8 Å². The normalized spacial score (nSPS) is 12.2. The minimum atomic E-state index is -4.49. The zero-order chi connectivity index (χ0) is 21.7. The number of carbonyl (C=O) groups excluding carboxylic acids is 1. The molecule has 0 atom stereocenters. The van der Waals surface area contributed by atoms with Crippen molar-refractivity contribution < 1.29 is 26.4 Å². The number of hydrazone groups is 1. The molecule has 0 spiro atoms. The second-order valence-electron chi connectivity index (χ2n) is 6.17. The molecule has 1 amide bonds. The number of para-hydroxylation sites is 1. The average Bonchev–Trinajstić information content (AvgIpc) is 2.65. The van der Waals surface area contributed by atoms with Crippen molar-refractivity contribution in [2.45, 2.75) is 19.5 Å². The van der Waals surface area contributed by atoms with Gasteiger partial charge in [-0.25, -0.2) is 13.8 Å². The molecule has 6 nitrogen and oxygen atoms in total. The van der Waals surface area contributed by atoms with Gasteiger partial charge in [-0.15, -0.1) is 0 Å². The van der Waals surface area contributed by atoms with Crippen LogP contribution in [0.15, 0.2) is 53.6 Å². The van der Waals surface area contributed by atoms with E-state index in [-0.39, 0.29) is 5.56 Å². The summed E-state index contributed by atoms with van der Waals surface area (Å²) in [6, 6.07) is 11.2. The van der Waals surface area contributed by atoms with Crippen LogP contribution in [-0.2, 0) is 27.4 Å². The maximum Gasteiger partial charge on any atom is 0.416 e. The van der Waals surface area contributed by atoms with E-state index in [1.165, 1.54) is 12.1 Å². The molecular weight excluding hydrogens is 407 g/mol.